The first-order valence-corrected chi connectivity index (χ1v) is 10.7. The Morgan fingerprint density at radius 3 is 2.41 bits per heavy atom. The molecule has 6 nitrogen and oxygen atoms in total. The monoisotopic (exact) mass is 423 g/mol. The van der Waals surface area contributed by atoms with Gasteiger partial charge in [0.1, 0.15) is 13.2 Å². The van der Waals surface area contributed by atoms with Gasteiger partial charge in [-0.15, -0.1) is 0 Å². The van der Waals surface area contributed by atoms with E-state index in [1.807, 2.05) is 18.2 Å². The van der Waals surface area contributed by atoms with Gasteiger partial charge in [0.2, 0.25) is 9.84 Å². The minimum absolute atomic E-state index is 0.150. The maximum atomic E-state index is 13.0. The Kier molecular flexibility index (Phi) is 5.16. The maximum absolute atomic E-state index is 13.0. The molecule has 0 N–H and O–H groups in total. The summed E-state index contributed by atoms with van der Waals surface area (Å²) >= 11 is 0. The SMILES string of the molecule is O=C(c1ccc(S(=O)(=O)C(F)F)cc1)N1CCC[C@H]1c1ccc2c(c1)OCCO2. The Morgan fingerprint density at radius 2 is 1.72 bits per heavy atom. The molecule has 1 atom stereocenters. The van der Waals surface area contributed by atoms with E-state index in [0.29, 0.717) is 31.3 Å². The van der Waals surface area contributed by atoms with Gasteiger partial charge in [0.15, 0.2) is 11.5 Å². The van der Waals surface area contributed by atoms with Crippen molar-refractivity contribution in [3.63, 3.8) is 0 Å². The van der Waals surface area contributed by atoms with Crippen LogP contribution in [-0.2, 0) is 9.84 Å². The van der Waals surface area contributed by atoms with E-state index in [0.717, 1.165) is 30.5 Å². The lowest BCUT2D eigenvalue weighted by Gasteiger charge is -2.27. The zero-order chi connectivity index (χ0) is 20.6. The highest BCUT2D eigenvalue weighted by atomic mass is 32.2. The fraction of sp³-hybridized carbons (Fsp3) is 0.350. The van der Waals surface area contributed by atoms with Gasteiger partial charge in [-0.3, -0.25) is 4.79 Å². The molecule has 9 heteroatoms. The van der Waals surface area contributed by atoms with Crippen LogP contribution in [-0.4, -0.2) is 44.7 Å². The summed E-state index contributed by atoms with van der Waals surface area (Å²) in [6, 6.07) is 10.1. The lowest BCUT2D eigenvalue weighted by atomic mass is 10.0. The first-order valence-electron chi connectivity index (χ1n) is 9.20. The van der Waals surface area contributed by atoms with Crippen molar-refractivity contribution in [2.45, 2.75) is 29.5 Å². The molecule has 2 aliphatic rings. The maximum Gasteiger partial charge on any atom is 0.341 e. The normalized spacial score (nSPS) is 18.9. The Morgan fingerprint density at radius 1 is 1.03 bits per heavy atom. The number of halogens is 2. The molecule has 1 fully saturated rings. The van der Waals surface area contributed by atoms with Gasteiger partial charge in [0.25, 0.3) is 5.91 Å². The quantitative estimate of drug-likeness (QED) is 0.753. The van der Waals surface area contributed by atoms with Crippen LogP contribution in [0.3, 0.4) is 0 Å². The van der Waals surface area contributed by atoms with Gasteiger partial charge >= 0.3 is 5.76 Å². The molecule has 0 bridgehead atoms. The van der Waals surface area contributed by atoms with Crippen molar-refractivity contribution in [1.82, 2.24) is 4.90 Å². The number of likely N-dealkylation sites (tertiary alicyclic amines) is 1. The molecule has 1 saturated heterocycles. The Labute approximate surface area is 167 Å². The molecule has 2 heterocycles. The second kappa shape index (κ2) is 7.62. The summed E-state index contributed by atoms with van der Waals surface area (Å²) in [4.78, 5) is 14.2. The number of carbonyl (C=O) groups is 1. The lowest BCUT2D eigenvalue weighted by Crippen LogP contribution is -2.30. The molecule has 0 unspecified atom stereocenters. The van der Waals surface area contributed by atoms with E-state index >= 15 is 0 Å². The van der Waals surface area contributed by atoms with Crippen LogP contribution >= 0.6 is 0 Å². The molecule has 4 rings (SSSR count). The number of rotatable bonds is 4. The molecule has 2 aliphatic heterocycles. The first-order chi connectivity index (χ1) is 13.9. The smallest absolute Gasteiger partial charge is 0.341 e. The van der Waals surface area contributed by atoms with Crippen LogP contribution in [0.5, 0.6) is 11.5 Å². The number of fused-ring (bicyclic) bond motifs is 1. The molecule has 0 radical (unpaired) electrons. The Hall–Kier alpha value is -2.68. The predicted molar refractivity (Wildman–Crippen MR) is 100 cm³/mol. The van der Waals surface area contributed by atoms with E-state index in [-0.39, 0.29) is 17.5 Å². The van der Waals surface area contributed by atoms with Crippen molar-refractivity contribution in [1.29, 1.82) is 0 Å². The number of sulfone groups is 1. The van der Waals surface area contributed by atoms with Crippen LogP contribution < -0.4 is 9.47 Å². The van der Waals surface area contributed by atoms with Crippen LogP contribution in [0.2, 0.25) is 0 Å². The molecule has 0 aromatic heterocycles. The van der Waals surface area contributed by atoms with E-state index in [9.17, 15) is 22.0 Å². The van der Waals surface area contributed by atoms with Gasteiger partial charge in [0, 0.05) is 12.1 Å². The molecular weight excluding hydrogens is 404 g/mol. The third-order valence-corrected chi connectivity index (χ3v) is 6.53. The van der Waals surface area contributed by atoms with Crippen LogP contribution in [0.4, 0.5) is 8.78 Å². The molecule has 2 aromatic rings. The number of amides is 1. The second-order valence-electron chi connectivity index (χ2n) is 6.89. The minimum atomic E-state index is -4.68. The summed E-state index contributed by atoms with van der Waals surface area (Å²) in [5.41, 5.74) is 1.18. The summed E-state index contributed by atoms with van der Waals surface area (Å²) in [6.45, 7) is 1.52. The van der Waals surface area contributed by atoms with Gasteiger partial charge in [-0.1, -0.05) is 6.07 Å². The number of hydrogen-bond acceptors (Lipinski definition) is 5. The third-order valence-electron chi connectivity index (χ3n) is 5.13. The number of alkyl halides is 2. The Balaban J connectivity index is 1.57. The molecule has 0 saturated carbocycles. The van der Waals surface area contributed by atoms with Crippen LogP contribution in [0.25, 0.3) is 0 Å². The van der Waals surface area contributed by atoms with Crippen molar-refractivity contribution in [3.8, 4) is 11.5 Å². The molecule has 0 aliphatic carbocycles. The summed E-state index contributed by atoms with van der Waals surface area (Å²) in [7, 11) is -4.68. The molecular formula is C20H19F2NO5S. The molecule has 29 heavy (non-hydrogen) atoms. The van der Waals surface area contributed by atoms with Gasteiger partial charge < -0.3 is 14.4 Å². The average Bonchev–Trinajstić information content (AvgIpc) is 3.22. The standard InChI is InChI=1S/C20H19F2NO5S/c21-20(22)29(25,26)15-6-3-13(4-7-15)19(24)23-9-1-2-16(23)14-5-8-17-18(12-14)28-11-10-27-17/h3-8,12,16,20H,1-2,9-11H2/t16-/m0/s1. The predicted octanol–water partition coefficient (Wildman–Crippen LogP) is 3.43. The molecule has 2 aromatic carbocycles. The van der Waals surface area contributed by atoms with Gasteiger partial charge in [-0.05, 0) is 54.8 Å². The molecule has 1 amide bonds. The highest BCUT2D eigenvalue weighted by Crippen LogP contribution is 2.38. The average molecular weight is 423 g/mol. The fourth-order valence-corrected chi connectivity index (χ4v) is 4.40. The fourth-order valence-electron chi connectivity index (χ4n) is 3.68. The summed E-state index contributed by atoms with van der Waals surface area (Å²) in [6.07, 6.45) is 1.60. The number of hydrogen-bond donors (Lipinski definition) is 0. The number of nitrogens with zero attached hydrogens (tertiary/aromatic N) is 1. The third kappa shape index (κ3) is 3.66. The second-order valence-corrected chi connectivity index (χ2v) is 8.81. The van der Waals surface area contributed by atoms with E-state index in [1.165, 1.54) is 12.1 Å². The van der Waals surface area contributed by atoms with Crippen LogP contribution in [0.15, 0.2) is 47.4 Å². The molecule has 0 spiro atoms. The van der Waals surface area contributed by atoms with Gasteiger partial charge in [0.05, 0.1) is 10.9 Å². The van der Waals surface area contributed by atoms with Crippen molar-refractivity contribution in [2.75, 3.05) is 19.8 Å². The van der Waals surface area contributed by atoms with Crippen molar-refractivity contribution < 1.29 is 31.5 Å². The van der Waals surface area contributed by atoms with E-state index in [2.05, 4.69) is 0 Å². The van der Waals surface area contributed by atoms with E-state index < -0.39 is 20.5 Å². The minimum Gasteiger partial charge on any atom is -0.486 e. The number of ether oxygens (including phenoxy) is 2. The number of benzene rings is 2. The summed E-state index contributed by atoms with van der Waals surface area (Å²) in [5, 5.41) is 0. The van der Waals surface area contributed by atoms with Crippen molar-refractivity contribution >= 4 is 15.7 Å². The first kappa shape index (κ1) is 19.6. The number of carbonyl (C=O) groups excluding carboxylic acids is 1. The molecule has 154 valence electrons. The highest BCUT2D eigenvalue weighted by Gasteiger charge is 2.32. The van der Waals surface area contributed by atoms with Crippen molar-refractivity contribution in [2.24, 2.45) is 0 Å². The zero-order valence-electron chi connectivity index (χ0n) is 15.4. The lowest BCUT2D eigenvalue weighted by molar-refractivity contribution is 0.0735. The van der Waals surface area contributed by atoms with Crippen LogP contribution in [0.1, 0.15) is 34.8 Å². The highest BCUT2D eigenvalue weighted by molar-refractivity contribution is 7.91. The topological polar surface area (TPSA) is 72.9 Å². The van der Waals surface area contributed by atoms with Gasteiger partial charge in [-0.2, -0.15) is 8.78 Å². The summed E-state index contributed by atoms with van der Waals surface area (Å²) in [5.74, 6) is -2.45. The largest absolute Gasteiger partial charge is 0.486 e. The van der Waals surface area contributed by atoms with E-state index in [4.69, 9.17) is 9.47 Å². The van der Waals surface area contributed by atoms with Gasteiger partial charge in [-0.25, -0.2) is 8.42 Å². The Bertz CT molecular complexity index is 1020. The summed E-state index contributed by atoms with van der Waals surface area (Å²) < 4.78 is 59.6. The van der Waals surface area contributed by atoms with Crippen LogP contribution in [0, 0.1) is 0 Å². The van der Waals surface area contributed by atoms with E-state index in [1.54, 1.807) is 4.90 Å². The van der Waals surface area contributed by atoms with Crippen molar-refractivity contribution in [3.05, 3.63) is 53.6 Å². The zero-order valence-corrected chi connectivity index (χ0v) is 16.2.